The Hall–Kier alpha value is -1.91. The monoisotopic (exact) mass is 329 g/mol. The average molecular weight is 329 g/mol. The first-order valence-electron chi connectivity index (χ1n) is 9.08. The van der Waals surface area contributed by atoms with E-state index in [1.54, 1.807) is 6.92 Å². The molecule has 2 aliphatic rings. The zero-order valence-electron chi connectivity index (χ0n) is 14.7. The van der Waals surface area contributed by atoms with E-state index in [4.69, 9.17) is 4.98 Å². The van der Waals surface area contributed by atoms with Crippen molar-refractivity contribution in [2.75, 3.05) is 13.1 Å². The fourth-order valence-electron chi connectivity index (χ4n) is 3.88. The van der Waals surface area contributed by atoms with Gasteiger partial charge >= 0.3 is 0 Å². The summed E-state index contributed by atoms with van der Waals surface area (Å²) in [6, 6.07) is 4.14. The molecule has 1 N–H and O–H groups in total. The Kier molecular flexibility index (Phi) is 5.17. The van der Waals surface area contributed by atoms with Gasteiger partial charge in [0.05, 0.1) is 11.3 Å². The molecule has 2 amide bonds. The van der Waals surface area contributed by atoms with Crippen molar-refractivity contribution >= 4 is 11.8 Å². The molecule has 3 rings (SSSR count). The lowest BCUT2D eigenvalue weighted by molar-refractivity contribution is -0.129. The highest BCUT2D eigenvalue weighted by atomic mass is 16.2. The maximum atomic E-state index is 12.7. The summed E-state index contributed by atoms with van der Waals surface area (Å²) in [4.78, 5) is 30.8. The van der Waals surface area contributed by atoms with Gasteiger partial charge < -0.3 is 10.2 Å². The number of amides is 2. The number of nitrogens with zero attached hydrogens (tertiary/aromatic N) is 2. The van der Waals surface area contributed by atoms with E-state index in [9.17, 15) is 9.59 Å². The van der Waals surface area contributed by atoms with Crippen LogP contribution in [0, 0.1) is 6.92 Å². The Morgan fingerprint density at radius 2 is 1.79 bits per heavy atom. The summed E-state index contributed by atoms with van der Waals surface area (Å²) in [5, 5.41) is 3.18. The van der Waals surface area contributed by atoms with Crippen LogP contribution >= 0.6 is 0 Å². The van der Waals surface area contributed by atoms with Crippen molar-refractivity contribution in [3.05, 3.63) is 29.1 Å². The molecule has 5 nitrogen and oxygen atoms in total. The summed E-state index contributed by atoms with van der Waals surface area (Å²) in [7, 11) is 0. The zero-order valence-corrected chi connectivity index (χ0v) is 14.7. The van der Waals surface area contributed by atoms with E-state index in [2.05, 4.69) is 5.32 Å². The summed E-state index contributed by atoms with van der Waals surface area (Å²) in [5.74, 6) is 0.396. The van der Waals surface area contributed by atoms with Gasteiger partial charge in [-0.3, -0.25) is 14.6 Å². The maximum Gasteiger partial charge on any atom is 0.253 e. The summed E-state index contributed by atoms with van der Waals surface area (Å²) in [6.45, 7) is 5.08. The van der Waals surface area contributed by atoms with Crippen LogP contribution in [0.15, 0.2) is 12.1 Å². The van der Waals surface area contributed by atoms with Crippen LogP contribution in [-0.2, 0) is 4.79 Å². The molecule has 1 aliphatic heterocycles. The van der Waals surface area contributed by atoms with Crippen molar-refractivity contribution in [1.82, 2.24) is 15.2 Å². The normalized spacial score (nSPS) is 19.5. The number of rotatable bonds is 3. The highest BCUT2D eigenvalue weighted by Crippen LogP contribution is 2.30. The minimum atomic E-state index is 0.0124. The number of aryl methyl sites for hydroxylation is 1. The van der Waals surface area contributed by atoms with Crippen LogP contribution < -0.4 is 5.32 Å². The van der Waals surface area contributed by atoms with Gasteiger partial charge in [-0.2, -0.15) is 0 Å². The number of carbonyl (C=O) groups is 2. The molecule has 0 atom stereocenters. The second kappa shape index (κ2) is 7.32. The van der Waals surface area contributed by atoms with Gasteiger partial charge in [-0.1, -0.05) is 12.8 Å². The molecule has 1 saturated carbocycles. The molecule has 0 radical (unpaired) electrons. The summed E-state index contributed by atoms with van der Waals surface area (Å²) in [5.41, 5.74) is 2.57. The van der Waals surface area contributed by atoms with Crippen molar-refractivity contribution in [3.63, 3.8) is 0 Å². The van der Waals surface area contributed by atoms with Gasteiger partial charge in [-0.15, -0.1) is 0 Å². The van der Waals surface area contributed by atoms with Crippen LogP contribution in [0.5, 0.6) is 0 Å². The Bertz CT molecular complexity index is 615. The van der Waals surface area contributed by atoms with Crippen molar-refractivity contribution < 1.29 is 9.59 Å². The number of hydrogen-bond acceptors (Lipinski definition) is 3. The number of nitrogens with one attached hydrogen (secondary N) is 1. The lowest BCUT2D eigenvalue weighted by atomic mass is 9.89. The van der Waals surface area contributed by atoms with E-state index < -0.39 is 0 Å². The smallest absolute Gasteiger partial charge is 0.253 e. The molecule has 1 saturated heterocycles. The Balaban J connectivity index is 1.76. The van der Waals surface area contributed by atoms with Crippen LogP contribution in [0.2, 0.25) is 0 Å². The third kappa shape index (κ3) is 3.77. The molecule has 0 unspecified atom stereocenters. The molecule has 2 fully saturated rings. The number of pyridine rings is 1. The van der Waals surface area contributed by atoms with Gasteiger partial charge in [0.2, 0.25) is 5.91 Å². The molecule has 0 aromatic carbocycles. The lowest BCUT2D eigenvalue weighted by Crippen LogP contribution is -2.38. The number of carbonyl (C=O) groups excluding carboxylic acids is 2. The fraction of sp³-hybridized carbons (Fsp3) is 0.632. The number of hydrogen-bond donors (Lipinski definition) is 1. The van der Waals surface area contributed by atoms with E-state index in [0.29, 0.717) is 11.6 Å². The quantitative estimate of drug-likeness (QED) is 0.927. The molecule has 1 aliphatic carbocycles. The summed E-state index contributed by atoms with van der Waals surface area (Å²) < 4.78 is 0. The first kappa shape index (κ1) is 16.9. The highest BCUT2D eigenvalue weighted by Gasteiger charge is 2.27. The number of piperidine rings is 1. The van der Waals surface area contributed by atoms with E-state index in [1.807, 2.05) is 24.0 Å². The van der Waals surface area contributed by atoms with Crippen LogP contribution in [0.25, 0.3) is 0 Å². The predicted octanol–water partition coefficient (Wildman–Crippen LogP) is 2.79. The molecule has 130 valence electrons. The molecule has 1 aromatic heterocycles. The van der Waals surface area contributed by atoms with Gasteiger partial charge in [0.15, 0.2) is 0 Å². The molecule has 1 aromatic rings. The first-order chi connectivity index (χ1) is 11.5. The second-order valence-electron chi connectivity index (χ2n) is 7.12. The molecule has 24 heavy (non-hydrogen) atoms. The standard InChI is InChI=1S/C19H27N3O2/c1-13-7-8-17(19(24)21-16-5-3-4-6-16)18(20-13)15-9-11-22(12-10-15)14(2)23/h7-8,15-16H,3-6,9-12H2,1-2H3,(H,21,24). The van der Waals surface area contributed by atoms with Crippen molar-refractivity contribution in [3.8, 4) is 0 Å². The fourth-order valence-corrected chi connectivity index (χ4v) is 3.88. The van der Waals surface area contributed by atoms with E-state index in [1.165, 1.54) is 12.8 Å². The van der Waals surface area contributed by atoms with Gasteiger partial charge in [-0.25, -0.2) is 0 Å². The van der Waals surface area contributed by atoms with Gasteiger partial charge in [0, 0.05) is 37.7 Å². The highest BCUT2D eigenvalue weighted by molar-refractivity contribution is 5.95. The zero-order chi connectivity index (χ0) is 17.1. The second-order valence-corrected chi connectivity index (χ2v) is 7.12. The van der Waals surface area contributed by atoms with Crippen LogP contribution in [-0.4, -0.2) is 40.8 Å². The first-order valence-corrected chi connectivity index (χ1v) is 9.08. The molecule has 2 heterocycles. The molecular formula is C19H27N3O2. The van der Waals surface area contributed by atoms with Gasteiger partial charge in [0.1, 0.15) is 0 Å². The van der Waals surface area contributed by atoms with Gasteiger partial charge in [0.25, 0.3) is 5.91 Å². The number of aromatic nitrogens is 1. The summed E-state index contributed by atoms with van der Waals surface area (Å²) in [6.07, 6.45) is 6.31. The SMILES string of the molecule is CC(=O)N1CCC(c2nc(C)ccc2C(=O)NC2CCCC2)CC1. The van der Waals surface area contributed by atoms with Crippen molar-refractivity contribution in [2.45, 2.75) is 64.3 Å². The Morgan fingerprint density at radius 1 is 1.12 bits per heavy atom. The molecule has 0 spiro atoms. The van der Waals surface area contributed by atoms with Crippen molar-refractivity contribution in [2.24, 2.45) is 0 Å². The van der Waals surface area contributed by atoms with E-state index in [0.717, 1.165) is 50.2 Å². The van der Waals surface area contributed by atoms with Crippen LogP contribution in [0.3, 0.4) is 0 Å². The average Bonchev–Trinajstić information content (AvgIpc) is 3.07. The van der Waals surface area contributed by atoms with E-state index in [-0.39, 0.29) is 17.7 Å². The predicted molar refractivity (Wildman–Crippen MR) is 92.9 cm³/mol. The molecule has 0 bridgehead atoms. The largest absolute Gasteiger partial charge is 0.349 e. The van der Waals surface area contributed by atoms with Gasteiger partial charge in [-0.05, 0) is 44.7 Å². The third-order valence-electron chi connectivity index (χ3n) is 5.33. The molecular weight excluding hydrogens is 302 g/mol. The Morgan fingerprint density at radius 3 is 2.42 bits per heavy atom. The maximum absolute atomic E-state index is 12.7. The van der Waals surface area contributed by atoms with E-state index >= 15 is 0 Å². The molecule has 5 heteroatoms. The lowest BCUT2D eigenvalue weighted by Gasteiger charge is -2.31. The van der Waals surface area contributed by atoms with Crippen molar-refractivity contribution in [1.29, 1.82) is 0 Å². The number of likely N-dealkylation sites (tertiary alicyclic amines) is 1. The Labute approximate surface area is 143 Å². The third-order valence-corrected chi connectivity index (χ3v) is 5.33. The van der Waals surface area contributed by atoms with Crippen LogP contribution in [0.1, 0.15) is 73.1 Å². The minimum absolute atomic E-state index is 0.0124. The topological polar surface area (TPSA) is 62.3 Å². The van der Waals surface area contributed by atoms with Crippen LogP contribution in [0.4, 0.5) is 0 Å². The summed E-state index contributed by atoms with van der Waals surface area (Å²) >= 11 is 0. The minimum Gasteiger partial charge on any atom is -0.349 e.